The first-order valence-corrected chi connectivity index (χ1v) is 10.6. The quantitative estimate of drug-likeness (QED) is 0.335. The largest absolute Gasteiger partial charge is 0.399 e. The second-order valence-electron chi connectivity index (χ2n) is 6.39. The molecule has 1 aliphatic rings. The van der Waals surface area contributed by atoms with Crippen molar-refractivity contribution in [1.29, 1.82) is 0 Å². The summed E-state index contributed by atoms with van der Waals surface area (Å²) in [5, 5.41) is 0. The molecule has 0 amide bonds. The summed E-state index contributed by atoms with van der Waals surface area (Å²) in [4.78, 5) is 26.5. The molecular weight excluding hydrogens is 412 g/mol. The molecule has 0 aliphatic heterocycles. The molecule has 3 aromatic carbocycles. The van der Waals surface area contributed by atoms with Crippen molar-refractivity contribution >= 4 is 44.8 Å². The number of ketones is 2. The van der Waals surface area contributed by atoms with Crippen LogP contribution in [0.1, 0.15) is 31.8 Å². The molecule has 9 heteroatoms. The van der Waals surface area contributed by atoms with Crippen molar-refractivity contribution in [3.05, 3.63) is 76.9 Å². The predicted molar refractivity (Wildman–Crippen MR) is 109 cm³/mol. The Kier molecular flexibility index (Phi) is 4.45. The van der Waals surface area contributed by atoms with Crippen LogP contribution in [0.3, 0.4) is 0 Å². The SMILES string of the molecule is Nc1ccc(Sc2cc(S(=O)(=O)O)c(N)c3c2C(=O)c2ccccc2C3=O)cc1. The van der Waals surface area contributed by atoms with Crippen molar-refractivity contribution in [3.63, 3.8) is 0 Å². The standard InChI is InChI=1S/C20H14N2O5S2/c21-10-5-7-11(8-6-10)28-14-9-15(29(25,26)27)18(22)17-16(14)19(23)12-3-1-2-4-13(12)20(17)24/h1-9H,21-22H2,(H,25,26,27). The first-order valence-electron chi connectivity index (χ1n) is 8.34. The van der Waals surface area contributed by atoms with E-state index in [2.05, 4.69) is 0 Å². The molecule has 0 fully saturated rings. The van der Waals surface area contributed by atoms with Gasteiger partial charge in [0.1, 0.15) is 4.90 Å². The number of hydrogen-bond donors (Lipinski definition) is 3. The van der Waals surface area contributed by atoms with Crippen LogP contribution in [0.25, 0.3) is 0 Å². The summed E-state index contributed by atoms with van der Waals surface area (Å²) < 4.78 is 33.4. The van der Waals surface area contributed by atoms with Crippen LogP contribution in [-0.4, -0.2) is 24.5 Å². The van der Waals surface area contributed by atoms with Gasteiger partial charge in [0, 0.05) is 32.2 Å². The number of nitrogens with two attached hydrogens (primary N) is 2. The second kappa shape index (κ2) is 6.73. The van der Waals surface area contributed by atoms with E-state index in [0.29, 0.717) is 10.6 Å². The highest BCUT2D eigenvalue weighted by Gasteiger charge is 2.36. The number of hydrogen-bond acceptors (Lipinski definition) is 7. The van der Waals surface area contributed by atoms with Crippen molar-refractivity contribution in [2.24, 2.45) is 0 Å². The minimum absolute atomic E-state index is 0.0143. The van der Waals surface area contributed by atoms with E-state index < -0.39 is 32.3 Å². The van der Waals surface area contributed by atoms with Crippen LogP contribution in [0.5, 0.6) is 0 Å². The number of benzene rings is 3. The van der Waals surface area contributed by atoms with E-state index in [1.807, 2.05) is 0 Å². The van der Waals surface area contributed by atoms with E-state index in [0.717, 1.165) is 17.8 Å². The fraction of sp³-hybridized carbons (Fsp3) is 0. The Morgan fingerprint density at radius 2 is 1.38 bits per heavy atom. The van der Waals surface area contributed by atoms with Gasteiger partial charge >= 0.3 is 0 Å². The number of rotatable bonds is 3. The Morgan fingerprint density at radius 1 is 0.828 bits per heavy atom. The lowest BCUT2D eigenvalue weighted by atomic mass is 9.83. The van der Waals surface area contributed by atoms with E-state index in [-0.39, 0.29) is 27.1 Å². The molecule has 0 heterocycles. The monoisotopic (exact) mass is 426 g/mol. The van der Waals surface area contributed by atoms with Gasteiger partial charge in [-0.15, -0.1) is 0 Å². The van der Waals surface area contributed by atoms with E-state index in [1.54, 1.807) is 36.4 Å². The normalized spacial score (nSPS) is 13.1. The van der Waals surface area contributed by atoms with E-state index >= 15 is 0 Å². The maximum Gasteiger partial charge on any atom is 0.296 e. The van der Waals surface area contributed by atoms with Gasteiger partial charge < -0.3 is 11.5 Å². The molecule has 0 spiro atoms. The summed E-state index contributed by atoms with van der Waals surface area (Å²) in [5.74, 6) is -1.01. The van der Waals surface area contributed by atoms with Crippen LogP contribution >= 0.6 is 11.8 Å². The highest BCUT2D eigenvalue weighted by molar-refractivity contribution is 7.99. The highest BCUT2D eigenvalue weighted by atomic mass is 32.2. The lowest BCUT2D eigenvalue weighted by molar-refractivity contribution is 0.0977. The Labute approximate surface area is 170 Å². The zero-order chi connectivity index (χ0) is 20.9. The topological polar surface area (TPSA) is 141 Å². The molecule has 0 bridgehead atoms. The number of nitrogen functional groups attached to an aromatic ring is 2. The molecule has 3 aromatic rings. The summed E-state index contributed by atoms with van der Waals surface area (Å²) in [7, 11) is -4.73. The Hall–Kier alpha value is -3.14. The number of fused-ring (bicyclic) bond motifs is 2. The lowest BCUT2D eigenvalue weighted by Gasteiger charge is -2.22. The van der Waals surface area contributed by atoms with Crippen molar-refractivity contribution in [2.75, 3.05) is 11.5 Å². The van der Waals surface area contributed by atoms with Crippen LogP contribution < -0.4 is 11.5 Å². The van der Waals surface area contributed by atoms with Gasteiger partial charge in [-0.3, -0.25) is 14.1 Å². The van der Waals surface area contributed by atoms with E-state index in [9.17, 15) is 22.6 Å². The lowest BCUT2D eigenvalue weighted by Crippen LogP contribution is -2.24. The summed E-state index contributed by atoms with van der Waals surface area (Å²) in [6.45, 7) is 0. The fourth-order valence-electron chi connectivity index (χ4n) is 3.22. The first kappa shape index (κ1) is 19.2. The van der Waals surface area contributed by atoms with Gasteiger partial charge in [0.05, 0.1) is 11.3 Å². The van der Waals surface area contributed by atoms with Crippen LogP contribution in [0.15, 0.2) is 69.3 Å². The zero-order valence-electron chi connectivity index (χ0n) is 14.7. The molecule has 5 N–H and O–H groups in total. The molecule has 146 valence electrons. The molecule has 0 saturated heterocycles. The van der Waals surface area contributed by atoms with Crippen molar-refractivity contribution in [3.8, 4) is 0 Å². The minimum Gasteiger partial charge on any atom is -0.399 e. The van der Waals surface area contributed by atoms with Gasteiger partial charge in [0.2, 0.25) is 0 Å². The van der Waals surface area contributed by atoms with Crippen molar-refractivity contribution in [1.82, 2.24) is 0 Å². The average Bonchev–Trinajstić information content (AvgIpc) is 2.68. The van der Waals surface area contributed by atoms with Gasteiger partial charge in [0.15, 0.2) is 11.6 Å². The van der Waals surface area contributed by atoms with Crippen molar-refractivity contribution < 1.29 is 22.6 Å². The molecule has 4 rings (SSSR count). The third-order valence-electron chi connectivity index (χ3n) is 4.55. The second-order valence-corrected chi connectivity index (χ2v) is 8.89. The smallest absolute Gasteiger partial charge is 0.296 e. The molecule has 7 nitrogen and oxygen atoms in total. The summed E-state index contributed by atoms with van der Waals surface area (Å²) >= 11 is 1.07. The Balaban J connectivity index is 2.02. The van der Waals surface area contributed by atoms with Gasteiger partial charge in [-0.05, 0) is 30.3 Å². The number of carbonyl (C=O) groups excluding carboxylic acids is 2. The Bertz CT molecular complexity index is 1300. The number of anilines is 2. The van der Waals surface area contributed by atoms with Crippen LogP contribution in [0.2, 0.25) is 0 Å². The van der Waals surface area contributed by atoms with Gasteiger partial charge in [-0.1, -0.05) is 36.0 Å². The summed E-state index contributed by atoms with van der Waals surface area (Å²) in [6.07, 6.45) is 0. The predicted octanol–water partition coefficient (Wildman–Crippen LogP) is 3.02. The van der Waals surface area contributed by atoms with E-state index in [4.69, 9.17) is 11.5 Å². The zero-order valence-corrected chi connectivity index (χ0v) is 16.4. The molecule has 0 atom stereocenters. The van der Waals surface area contributed by atoms with Gasteiger partial charge in [-0.25, -0.2) is 0 Å². The van der Waals surface area contributed by atoms with Gasteiger partial charge in [-0.2, -0.15) is 8.42 Å². The molecule has 29 heavy (non-hydrogen) atoms. The average molecular weight is 426 g/mol. The molecule has 1 aliphatic carbocycles. The van der Waals surface area contributed by atoms with Crippen LogP contribution in [0, 0.1) is 0 Å². The summed E-state index contributed by atoms with van der Waals surface area (Å²) in [5.41, 5.74) is 11.9. The minimum atomic E-state index is -4.73. The van der Waals surface area contributed by atoms with Gasteiger partial charge in [0.25, 0.3) is 10.1 Å². The molecular formula is C20H14N2O5S2. The number of carbonyl (C=O) groups is 2. The molecule has 0 saturated carbocycles. The maximum absolute atomic E-state index is 13.2. The molecule has 0 aromatic heterocycles. The van der Waals surface area contributed by atoms with Crippen LogP contribution in [-0.2, 0) is 10.1 Å². The first-order chi connectivity index (χ1) is 13.7. The Morgan fingerprint density at radius 3 is 1.93 bits per heavy atom. The molecule has 0 radical (unpaired) electrons. The highest BCUT2D eigenvalue weighted by Crippen LogP contribution is 2.42. The van der Waals surface area contributed by atoms with E-state index in [1.165, 1.54) is 12.1 Å². The fourth-order valence-corrected chi connectivity index (χ4v) is 4.94. The third-order valence-corrected chi connectivity index (χ3v) is 6.49. The maximum atomic E-state index is 13.2. The molecule has 0 unspecified atom stereocenters. The van der Waals surface area contributed by atoms with Crippen LogP contribution in [0.4, 0.5) is 11.4 Å². The summed E-state index contributed by atoms with van der Waals surface area (Å²) in [6, 6.07) is 14.0. The third kappa shape index (κ3) is 3.19. The van der Waals surface area contributed by atoms with Crippen molar-refractivity contribution in [2.45, 2.75) is 14.7 Å².